The van der Waals surface area contributed by atoms with E-state index in [4.69, 9.17) is 0 Å². The zero-order valence-electron chi connectivity index (χ0n) is 12.5. The normalized spacial score (nSPS) is 18.0. The molecule has 1 N–H and O–H groups in total. The predicted octanol–water partition coefficient (Wildman–Crippen LogP) is 3.42. The molecule has 0 bridgehead atoms. The Morgan fingerprint density at radius 2 is 1.24 bits per heavy atom. The van der Waals surface area contributed by atoms with Crippen LogP contribution in [0.1, 0.15) is 5.56 Å². The molecule has 2 heteroatoms. The summed E-state index contributed by atoms with van der Waals surface area (Å²) < 4.78 is 0. The molecule has 108 valence electrons. The lowest BCUT2D eigenvalue weighted by Gasteiger charge is -2.37. The first-order valence-corrected chi connectivity index (χ1v) is 7.32. The molecule has 0 fully saturated rings. The second-order valence-corrected chi connectivity index (χ2v) is 5.86. The van der Waals surface area contributed by atoms with Crippen LogP contribution >= 0.6 is 0 Å². The number of nitrogens with zero attached hydrogens (tertiary/aromatic N) is 1. The van der Waals surface area contributed by atoms with Gasteiger partial charge in [0, 0.05) is 31.6 Å². The first-order valence-electron chi connectivity index (χ1n) is 7.32. The number of rotatable bonds is 4. The minimum Gasteiger partial charge on any atom is -0.383 e. The van der Waals surface area contributed by atoms with Crippen molar-refractivity contribution < 1.29 is 5.11 Å². The fraction of sp³-hybridized carbons (Fsp3) is 0.263. The molecule has 0 unspecified atom stereocenters. The summed E-state index contributed by atoms with van der Waals surface area (Å²) >= 11 is 0. The predicted molar refractivity (Wildman–Crippen MR) is 88.2 cm³/mol. The molecule has 1 aromatic carbocycles. The summed E-state index contributed by atoms with van der Waals surface area (Å²) in [7, 11) is 4.04. The van der Waals surface area contributed by atoms with E-state index in [0.717, 1.165) is 11.3 Å². The monoisotopic (exact) mass is 279 g/mol. The molecule has 1 aromatic rings. The van der Waals surface area contributed by atoms with Crippen LogP contribution in [0.25, 0.3) is 0 Å². The van der Waals surface area contributed by atoms with Crippen LogP contribution in [0.15, 0.2) is 72.9 Å². The van der Waals surface area contributed by atoms with E-state index in [-0.39, 0.29) is 11.8 Å². The van der Waals surface area contributed by atoms with Gasteiger partial charge < -0.3 is 10.0 Å². The Morgan fingerprint density at radius 1 is 0.810 bits per heavy atom. The Bertz CT molecular complexity index is 567. The molecule has 0 saturated heterocycles. The fourth-order valence-electron chi connectivity index (χ4n) is 3.08. The van der Waals surface area contributed by atoms with Gasteiger partial charge in [-0.1, -0.05) is 60.7 Å². The summed E-state index contributed by atoms with van der Waals surface area (Å²) in [5.74, 6) is 0.000197. The average molecular weight is 279 g/mol. The summed E-state index contributed by atoms with van der Waals surface area (Å²) in [6.45, 7) is 0. The second-order valence-electron chi connectivity index (χ2n) is 5.86. The topological polar surface area (TPSA) is 23.5 Å². The van der Waals surface area contributed by atoms with Crippen molar-refractivity contribution >= 4 is 5.69 Å². The smallest absolute Gasteiger partial charge is 0.109 e. The van der Waals surface area contributed by atoms with Crippen molar-refractivity contribution in [3.05, 3.63) is 78.4 Å². The Labute approximate surface area is 126 Å². The van der Waals surface area contributed by atoms with Crippen molar-refractivity contribution in [2.24, 2.45) is 11.8 Å². The van der Waals surface area contributed by atoms with Gasteiger partial charge in [-0.15, -0.1) is 0 Å². The van der Waals surface area contributed by atoms with Gasteiger partial charge in [0.25, 0.3) is 0 Å². The number of hydrogen-bond acceptors (Lipinski definition) is 2. The number of aliphatic hydroxyl groups is 1. The maximum absolute atomic E-state index is 11.5. The summed E-state index contributed by atoms with van der Waals surface area (Å²) in [5.41, 5.74) is 1.16. The van der Waals surface area contributed by atoms with Gasteiger partial charge in [-0.3, -0.25) is 0 Å². The van der Waals surface area contributed by atoms with E-state index in [0.29, 0.717) is 0 Å². The lowest BCUT2D eigenvalue weighted by Crippen LogP contribution is -2.38. The highest BCUT2D eigenvalue weighted by Crippen LogP contribution is 2.43. The van der Waals surface area contributed by atoms with Crippen molar-refractivity contribution in [2.45, 2.75) is 5.60 Å². The van der Waals surface area contributed by atoms with E-state index < -0.39 is 5.60 Å². The highest BCUT2D eigenvalue weighted by atomic mass is 16.3. The second kappa shape index (κ2) is 5.38. The highest BCUT2D eigenvalue weighted by Gasteiger charge is 2.42. The number of hydrogen-bond donors (Lipinski definition) is 1. The number of benzene rings is 1. The van der Waals surface area contributed by atoms with Gasteiger partial charge in [0.15, 0.2) is 0 Å². The molecule has 0 amide bonds. The molecule has 0 aromatic heterocycles. The van der Waals surface area contributed by atoms with E-state index in [1.165, 1.54) is 0 Å². The molecule has 0 atom stereocenters. The first kappa shape index (κ1) is 13.9. The van der Waals surface area contributed by atoms with E-state index >= 15 is 0 Å². The molecule has 2 nitrogen and oxygen atoms in total. The molecular weight excluding hydrogens is 258 g/mol. The van der Waals surface area contributed by atoms with Crippen molar-refractivity contribution in [3.63, 3.8) is 0 Å². The molecule has 3 rings (SSSR count). The van der Waals surface area contributed by atoms with Crippen molar-refractivity contribution in [1.29, 1.82) is 0 Å². The molecule has 0 heterocycles. The van der Waals surface area contributed by atoms with Gasteiger partial charge in [-0.25, -0.2) is 0 Å². The van der Waals surface area contributed by atoms with Crippen LogP contribution in [0.3, 0.4) is 0 Å². The van der Waals surface area contributed by atoms with Gasteiger partial charge >= 0.3 is 0 Å². The third-order valence-corrected chi connectivity index (χ3v) is 4.36. The van der Waals surface area contributed by atoms with Gasteiger partial charge in [-0.05, 0) is 17.7 Å². The summed E-state index contributed by atoms with van der Waals surface area (Å²) in [5, 5.41) is 11.5. The quantitative estimate of drug-likeness (QED) is 0.913. The lowest BCUT2D eigenvalue weighted by atomic mass is 9.73. The average Bonchev–Trinajstić information content (AvgIpc) is 3.20. The summed E-state index contributed by atoms with van der Waals surface area (Å²) in [4.78, 5) is 2.06. The van der Waals surface area contributed by atoms with Crippen molar-refractivity contribution in [2.75, 3.05) is 19.0 Å². The van der Waals surface area contributed by atoms with E-state index in [2.05, 4.69) is 41.3 Å². The third kappa shape index (κ3) is 2.36. The molecule has 2 aliphatic carbocycles. The summed E-state index contributed by atoms with van der Waals surface area (Å²) in [6, 6.07) is 8.20. The molecule has 0 saturated carbocycles. The van der Waals surface area contributed by atoms with Crippen LogP contribution in [0.4, 0.5) is 5.69 Å². The van der Waals surface area contributed by atoms with Gasteiger partial charge in [0.1, 0.15) is 5.60 Å². The van der Waals surface area contributed by atoms with Gasteiger partial charge in [-0.2, -0.15) is 0 Å². The molecule has 0 spiro atoms. The van der Waals surface area contributed by atoms with Crippen LogP contribution < -0.4 is 4.90 Å². The van der Waals surface area contributed by atoms with E-state index in [1.807, 2.05) is 50.5 Å². The molecular formula is C19H21NO. The summed E-state index contributed by atoms with van der Waals surface area (Å²) in [6.07, 6.45) is 16.3. The Balaban J connectivity index is 2.02. The van der Waals surface area contributed by atoms with Crippen LogP contribution in [0, 0.1) is 11.8 Å². The largest absolute Gasteiger partial charge is 0.383 e. The lowest BCUT2D eigenvalue weighted by molar-refractivity contribution is -0.0131. The maximum Gasteiger partial charge on any atom is 0.109 e. The van der Waals surface area contributed by atoms with Crippen molar-refractivity contribution in [1.82, 2.24) is 0 Å². The van der Waals surface area contributed by atoms with Gasteiger partial charge in [0.2, 0.25) is 0 Å². The van der Waals surface area contributed by atoms with Crippen LogP contribution in [0.5, 0.6) is 0 Å². The number of anilines is 1. The standard InChI is InChI=1S/C19H21NO/c1-20(2)18-13-11-17(12-14-18)19(21,15-7-3-4-8-15)16-9-5-6-10-16/h3-16,21H,1-2H3. The van der Waals surface area contributed by atoms with Crippen LogP contribution in [-0.4, -0.2) is 19.2 Å². The fourth-order valence-corrected chi connectivity index (χ4v) is 3.08. The number of allylic oxidation sites excluding steroid dienone is 4. The Morgan fingerprint density at radius 3 is 1.62 bits per heavy atom. The minimum atomic E-state index is -0.933. The van der Waals surface area contributed by atoms with E-state index in [9.17, 15) is 5.11 Å². The first-order chi connectivity index (χ1) is 10.1. The molecule has 0 radical (unpaired) electrons. The van der Waals surface area contributed by atoms with Crippen LogP contribution in [0.2, 0.25) is 0 Å². The zero-order valence-corrected chi connectivity index (χ0v) is 12.5. The minimum absolute atomic E-state index is 0.0000983. The van der Waals surface area contributed by atoms with E-state index in [1.54, 1.807) is 0 Å². The molecule has 2 aliphatic rings. The van der Waals surface area contributed by atoms with Crippen LogP contribution in [-0.2, 0) is 5.60 Å². The SMILES string of the molecule is CN(C)c1ccc(C(O)(C2C=CC=C2)C2C=CC=C2)cc1. The maximum atomic E-state index is 11.5. The Kier molecular flexibility index (Phi) is 3.56. The third-order valence-electron chi connectivity index (χ3n) is 4.36. The molecule has 21 heavy (non-hydrogen) atoms. The Hall–Kier alpha value is -2.06. The van der Waals surface area contributed by atoms with Gasteiger partial charge in [0.05, 0.1) is 0 Å². The van der Waals surface area contributed by atoms with Crippen molar-refractivity contribution in [3.8, 4) is 0 Å². The molecule has 0 aliphatic heterocycles. The highest BCUT2D eigenvalue weighted by molar-refractivity contribution is 5.48. The zero-order chi connectivity index (χ0) is 14.9.